The molecule has 0 aliphatic carbocycles. The van der Waals surface area contributed by atoms with Gasteiger partial charge >= 0.3 is 24.2 Å². The summed E-state index contributed by atoms with van der Waals surface area (Å²) in [6.45, 7) is 0. The molecule has 0 fully saturated rings. The van der Waals surface area contributed by atoms with Gasteiger partial charge in [0.25, 0.3) is 0 Å². The van der Waals surface area contributed by atoms with Gasteiger partial charge in [-0.3, -0.25) is 0 Å². The summed E-state index contributed by atoms with van der Waals surface area (Å²) in [6, 6.07) is -0.448. The van der Waals surface area contributed by atoms with Crippen LogP contribution in [0.1, 0.15) is 22.3 Å². The van der Waals surface area contributed by atoms with Gasteiger partial charge in [-0.15, -0.1) is 0 Å². The molecule has 0 radical (unpaired) electrons. The number of rotatable bonds is 3. The highest BCUT2D eigenvalue weighted by Crippen LogP contribution is 2.52. The zero-order valence-corrected chi connectivity index (χ0v) is 13.1. The first-order valence-electron chi connectivity index (χ1n) is 7.06. The van der Waals surface area contributed by atoms with Gasteiger partial charge in [-0.25, -0.2) is 0 Å². The molecule has 28 heavy (non-hydrogen) atoms. The zero-order chi connectivity index (χ0) is 21.7. The highest BCUT2D eigenvalue weighted by Gasteiger charge is 2.59. The molecule has 0 aromatic heterocycles. The Balaban J connectivity index is 2.62. The van der Waals surface area contributed by atoms with Crippen molar-refractivity contribution in [1.82, 2.24) is 0 Å². The summed E-state index contributed by atoms with van der Waals surface area (Å²) < 4.78 is 134. The molecule has 2 N–H and O–H groups in total. The van der Waals surface area contributed by atoms with Crippen molar-refractivity contribution in [2.45, 2.75) is 24.2 Å². The second-order valence-corrected chi connectivity index (χ2v) is 5.61. The van der Waals surface area contributed by atoms with Crippen molar-refractivity contribution in [2.75, 3.05) is 0 Å². The fraction of sp³-hybridized carbons (Fsp3) is 0.250. The average Bonchev–Trinajstić information content (AvgIpc) is 2.52. The van der Waals surface area contributed by atoms with Gasteiger partial charge < -0.3 is 10.2 Å². The Bertz CT molecular complexity index is 810. The summed E-state index contributed by atoms with van der Waals surface area (Å²) in [7, 11) is 0. The lowest BCUT2D eigenvalue weighted by Crippen LogP contribution is -2.36. The molecule has 0 unspecified atom stereocenters. The molecule has 2 nitrogen and oxygen atoms in total. The summed E-state index contributed by atoms with van der Waals surface area (Å²) >= 11 is 0. The van der Waals surface area contributed by atoms with Crippen molar-refractivity contribution >= 4 is 0 Å². The Morgan fingerprint density at radius 2 is 0.786 bits per heavy atom. The molecule has 0 heterocycles. The predicted octanol–water partition coefficient (Wildman–Crippen LogP) is 6.02. The molecule has 0 spiro atoms. The van der Waals surface area contributed by atoms with Crippen LogP contribution >= 0.6 is 0 Å². The topological polar surface area (TPSA) is 40.5 Å². The van der Waals surface area contributed by atoms with Crippen LogP contribution in [-0.4, -0.2) is 10.2 Å². The molecule has 12 heteroatoms. The van der Waals surface area contributed by atoms with Gasteiger partial charge in [0.15, 0.2) is 0 Å². The second-order valence-electron chi connectivity index (χ2n) is 5.61. The largest absolute Gasteiger partial charge is 0.507 e. The number of benzene rings is 2. The SMILES string of the molecule is Oc1ccc(C(F)(F)C(F)(F)c2ccc(O)c(C(F)(F)F)c2)cc1C(F)(F)F. The first kappa shape index (κ1) is 21.6. The lowest BCUT2D eigenvalue weighted by molar-refractivity contribution is -0.224. The maximum Gasteiger partial charge on any atom is 0.419 e. The van der Waals surface area contributed by atoms with Crippen LogP contribution in [0.3, 0.4) is 0 Å². The van der Waals surface area contributed by atoms with E-state index in [1.54, 1.807) is 0 Å². The van der Waals surface area contributed by atoms with E-state index in [0.29, 0.717) is 0 Å². The quantitative estimate of drug-likeness (QED) is 0.594. The van der Waals surface area contributed by atoms with E-state index >= 15 is 0 Å². The number of aromatic hydroxyl groups is 2. The molecule has 2 rings (SSSR count). The van der Waals surface area contributed by atoms with Crippen LogP contribution in [0.5, 0.6) is 11.5 Å². The maximum absolute atomic E-state index is 14.3. The number of halogens is 10. The van der Waals surface area contributed by atoms with Gasteiger partial charge in [0.1, 0.15) is 11.5 Å². The molecule has 0 atom stereocenters. The van der Waals surface area contributed by atoms with Crippen molar-refractivity contribution in [3.63, 3.8) is 0 Å². The third-order valence-electron chi connectivity index (χ3n) is 3.72. The first-order chi connectivity index (χ1) is 12.5. The molecule has 0 aliphatic rings. The van der Waals surface area contributed by atoms with E-state index < -0.39 is 70.1 Å². The van der Waals surface area contributed by atoms with Gasteiger partial charge in [0.05, 0.1) is 11.1 Å². The molecule has 0 bridgehead atoms. The van der Waals surface area contributed by atoms with Crippen LogP contribution in [0.2, 0.25) is 0 Å². The van der Waals surface area contributed by atoms with E-state index in [0.717, 1.165) is 0 Å². The fourth-order valence-electron chi connectivity index (χ4n) is 2.28. The summed E-state index contributed by atoms with van der Waals surface area (Å²) in [4.78, 5) is 0. The summed E-state index contributed by atoms with van der Waals surface area (Å²) in [5.41, 5.74) is -7.82. The molecular formula is C16H8F10O2. The van der Waals surface area contributed by atoms with Gasteiger partial charge in [0.2, 0.25) is 0 Å². The maximum atomic E-state index is 14.3. The lowest BCUT2D eigenvalue weighted by Gasteiger charge is -2.28. The molecule has 0 saturated carbocycles. The minimum absolute atomic E-state index is 0.0869. The predicted molar refractivity (Wildman–Crippen MR) is 74.0 cm³/mol. The van der Waals surface area contributed by atoms with E-state index in [-0.39, 0.29) is 24.3 Å². The number of hydrogen-bond donors (Lipinski definition) is 2. The van der Waals surface area contributed by atoms with Crippen LogP contribution in [0, 0.1) is 0 Å². The third kappa shape index (κ3) is 3.67. The van der Waals surface area contributed by atoms with Crippen LogP contribution in [0.4, 0.5) is 43.9 Å². The van der Waals surface area contributed by atoms with Crippen LogP contribution in [0.25, 0.3) is 0 Å². The molecule has 0 aliphatic heterocycles. The van der Waals surface area contributed by atoms with Gasteiger partial charge in [0, 0.05) is 11.1 Å². The van der Waals surface area contributed by atoms with Gasteiger partial charge in [-0.2, -0.15) is 43.9 Å². The monoisotopic (exact) mass is 422 g/mol. The Kier molecular flexibility index (Phi) is 4.98. The number of phenols is 2. The van der Waals surface area contributed by atoms with E-state index in [1.807, 2.05) is 0 Å². The van der Waals surface area contributed by atoms with Gasteiger partial charge in [-0.05, 0) is 36.4 Å². The van der Waals surface area contributed by atoms with E-state index in [4.69, 9.17) is 10.2 Å². The normalized spacial score (nSPS) is 13.6. The lowest BCUT2D eigenvalue weighted by atomic mass is 9.93. The van der Waals surface area contributed by atoms with E-state index in [9.17, 15) is 43.9 Å². The van der Waals surface area contributed by atoms with Crippen molar-refractivity contribution in [1.29, 1.82) is 0 Å². The number of hydrogen-bond acceptors (Lipinski definition) is 2. The number of alkyl halides is 10. The Morgan fingerprint density at radius 1 is 0.500 bits per heavy atom. The van der Waals surface area contributed by atoms with Gasteiger partial charge in [-0.1, -0.05) is 0 Å². The first-order valence-corrected chi connectivity index (χ1v) is 7.06. The van der Waals surface area contributed by atoms with Crippen LogP contribution in [-0.2, 0) is 24.2 Å². The van der Waals surface area contributed by atoms with Crippen LogP contribution in [0.15, 0.2) is 36.4 Å². The minimum atomic E-state index is -5.39. The summed E-state index contributed by atoms with van der Waals surface area (Å²) in [6.07, 6.45) is -10.7. The molecule has 0 saturated heterocycles. The molecule has 154 valence electrons. The highest BCUT2D eigenvalue weighted by atomic mass is 19.4. The average molecular weight is 422 g/mol. The standard InChI is InChI=1S/C16H8F10O2/c17-13(18,7-1-3-11(27)9(5-7)15(21,22)23)14(19,20)8-2-4-12(28)10(6-8)16(24,25)26/h1-6,27-28H. The summed E-state index contributed by atoms with van der Waals surface area (Å²) in [5.74, 6) is -13.8. The van der Waals surface area contributed by atoms with E-state index in [2.05, 4.69) is 0 Å². The molecular weight excluding hydrogens is 414 g/mol. The third-order valence-corrected chi connectivity index (χ3v) is 3.72. The zero-order valence-electron chi connectivity index (χ0n) is 13.1. The molecule has 2 aromatic rings. The second kappa shape index (κ2) is 6.45. The minimum Gasteiger partial charge on any atom is -0.507 e. The highest BCUT2D eigenvalue weighted by molar-refractivity contribution is 5.44. The Labute approximate surface area is 149 Å². The molecule has 0 amide bonds. The summed E-state index contributed by atoms with van der Waals surface area (Å²) in [5, 5.41) is 18.2. The van der Waals surface area contributed by atoms with Crippen LogP contribution < -0.4 is 0 Å². The van der Waals surface area contributed by atoms with Crippen molar-refractivity contribution in [3.05, 3.63) is 58.7 Å². The molecule has 2 aromatic carbocycles. The smallest absolute Gasteiger partial charge is 0.419 e. The van der Waals surface area contributed by atoms with Crippen molar-refractivity contribution < 1.29 is 54.1 Å². The Morgan fingerprint density at radius 3 is 1.04 bits per heavy atom. The van der Waals surface area contributed by atoms with E-state index in [1.165, 1.54) is 0 Å². The number of phenolic OH excluding ortho intramolecular Hbond substituents is 2. The van der Waals surface area contributed by atoms with Crippen molar-refractivity contribution in [2.24, 2.45) is 0 Å². The van der Waals surface area contributed by atoms with Crippen molar-refractivity contribution in [3.8, 4) is 11.5 Å². The Hall–Kier alpha value is -2.66. The fourth-order valence-corrected chi connectivity index (χ4v) is 2.28.